The molecule has 11 heteroatoms. The fourth-order valence-corrected chi connectivity index (χ4v) is 6.14. The lowest BCUT2D eigenvalue weighted by Gasteiger charge is -2.39. The van der Waals surface area contributed by atoms with Crippen LogP contribution in [0.5, 0.6) is 0 Å². The summed E-state index contributed by atoms with van der Waals surface area (Å²) in [6, 6.07) is 10.7. The normalized spacial score (nSPS) is 21.2. The Hall–Kier alpha value is -4.01. The summed E-state index contributed by atoms with van der Waals surface area (Å²) in [5.74, 6) is 1.06. The number of hydrogen-bond donors (Lipinski definition) is 1. The van der Waals surface area contributed by atoms with E-state index in [1.165, 1.54) is 12.8 Å². The number of piperazine rings is 1. The zero-order chi connectivity index (χ0) is 29.6. The molecule has 1 N–H and O–H groups in total. The quantitative estimate of drug-likeness (QED) is 0.464. The lowest BCUT2D eigenvalue weighted by Crippen LogP contribution is -2.52. The molecule has 1 aliphatic carbocycles. The van der Waals surface area contributed by atoms with Gasteiger partial charge in [-0.25, -0.2) is 14.8 Å². The van der Waals surface area contributed by atoms with Gasteiger partial charge in [0.2, 0.25) is 5.95 Å². The van der Waals surface area contributed by atoms with Crippen molar-refractivity contribution >= 4 is 23.5 Å². The Morgan fingerprint density at radius 1 is 1.19 bits per heavy atom. The van der Waals surface area contributed by atoms with E-state index < -0.39 is 17.1 Å². The smallest absolute Gasteiger partial charge is 0.414 e. The molecule has 220 valence electrons. The molecule has 4 heterocycles. The summed E-state index contributed by atoms with van der Waals surface area (Å²) in [6.45, 7) is 13.1. The summed E-state index contributed by atoms with van der Waals surface area (Å²) in [7, 11) is 1.85. The first kappa shape index (κ1) is 28.1. The second-order valence-electron chi connectivity index (χ2n) is 13.0. The molecule has 1 aromatic carbocycles. The molecule has 11 nitrogen and oxygen atoms in total. The van der Waals surface area contributed by atoms with Gasteiger partial charge in [-0.3, -0.25) is 19.4 Å². The third kappa shape index (κ3) is 5.82. The summed E-state index contributed by atoms with van der Waals surface area (Å²) in [6.07, 6.45) is 5.74. The molecule has 6 rings (SSSR count). The monoisotopic (exact) mass is 569 g/mol. The number of aromatic nitrogens is 4. The van der Waals surface area contributed by atoms with Gasteiger partial charge in [0.15, 0.2) is 5.82 Å². The topological polar surface area (TPSA) is 115 Å². The molecule has 1 saturated carbocycles. The fourth-order valence-electron chi connectivity index (χ4n) is 6.14. The minimum Gasteiger partial charge on any atom is -0.443 e. The molecule has 2 aliphatic heterocycles. The highest BCUT2D eigenvalue weighted by atomic mass is 16.6. The van der Waals surface area contributed by atoms with Crippen LogP contribution in [-0.4, -0.2) is 86.6 Å². The van der Waals surface area contributed by atoms with Gasteiger partial charge in [-0.15, -0.1) is 0 Å². The maximum Gasteiger partial charge on any atom is 0.414 e. The minimum absolute atomic E-state index is 0.405. The number of rotatable bonds is 6. The van der Waals surface area contributed by atoms with Gasteiger partial charge < -0.3 is 10.1 Å². The highest BCUT2D eigenvalue weighted by Crippen LogP contribution is 2.46. The number of nitriles is 1. The molecular formula is C31H39N9O2. The minimum atomic E-state index is -0.653. The SMILES string of the molecule is Cn1ccc(Nc2nccc(-c3cc(C#N)c4c(c3)[C@@](C)(CN3CCN(C5CC5)CC3)CN4C(=O)OC(C)(C)C)n2)n1. The van der Waals surface area contributed by atoms with E-state index in [1.807, 2.05) is 52.2 Å². The van der Waals surface area contributed by atoms with E-state index in [2.05, 4.69) is 44.3 Å². The number of ether oxygens (including phenoxy) is 1. The van der Waals surface area contributed by atoms with Crippen molar-refractivity contribution in [2.75, 3.05) is 49.5 Å². The number of carbonyl (C=O) groups excluding carboxylic acids is 1. The summed E-state index contributed by atoms with van der Waals surface area (Å²) < 4.78 is 7.52. The van der Waals surface area contributed by atoms with Gasteiger partial charge in [0.1, 0.15) is 11.7 Å². The molecule has 3 aliphatic rings. The van der Waals surface area contributed by atoms with Crippen molar-refractivity contribution in [1.82, 2.24) is 29.5 Å². The van der Waals surface area contributed by atoms with E-state index in [0.717, 1.165) is 49.9 Å². The molecule has 1 atom stereocenters. The second kappa shape index (κ2) is 10.7. The molecule has 1 saturated heterocycles. The summed E-state index contributed by atoms with van der Waals surface area (Å²) in [4.78, 5) is 29.4. The van der Waals surface area contributed by atoms with Crippen molar-refractivity contribution in [2.45, 2.75) is 57.6 Å². The number of amides is 1. The summed E-state index contributed by atoms with van der Waals surface area (Å²) in [5, 5.41) is 17.8. The van der Waals surface area contributed by atoms with Crippen molar-refractivity contribution in [2.24, 2.45) is 7.05 Å². The van der Waals surface area contributed by atoms with Crippen LogP contribution < -0.4 is 10.2 Å². The zero-order valence-corrected chi connectivity index (χ0v) is 25.1. The van der Waals surface area contributed by atoms with Gasteiger partial charge in [-0.1, -0.05) is 6.92 Å². The largest absolute Gasteiger partial charge is 0.443 e. The maximum atomic E-state index is 13.5. The Morgan fingerprint density at radius 2 is 1.95 bits per heavy atom. The third-order valence-electron chi connectivity index (χ3n) is 8.22. The molecule has 0 bridgehead atoms. The third-order valence-corrected chi connectivity index (χ3v) is 8.22. The Bertz CT molecular complexity index is 1530. The van der Waals surface area contributed by atoms with Gasteiger partial charge in [0, 0.05) is 81.8 Å². The number of benzene rings is 1. The molecule has 42 heavy (non-hydrogen) atoms. The van der Waals surface area contributed by atoms with Crippen molar-refractivity contribution in [3.63, 3.8) is 0 Å². The zero-order valence-electron chi connectivity index (χ0n) is 25.1. The average Bonchev–Trinajstić information content (AvgIpc) is 3.65. The number of nitrogens with one attached hydrogen (secondary N) is 1. The molecule has 1 amide bonds. The molecule has 3 aromatic rings. The molecule has 2 aromatic heterocycles. The fraction of sp³-hybridized carbons (Fsp3) is 0.516. The van der Waals surface area contributed by atoms with Gasteiger partial charge >= 0.3 is 6.09 Å². The second-order valence-corrected chi connectivity index (χ2v) is 13.0. The lowest BCUT2D eigenvalue weighted by molar-refractivity contribution is 0.0572. The number of hydrogen-bond acceptors (Lipinski definition) is 9. The van der Waals surface area contributed by atoms with Crippen LogP contribution in [0, 0.1) is 11.3 Å². The maximum absolute atomic E-state index is 13.5. The number of anilines is 3. The van der Waals surface area contributed by atoms with E-state index in [0.29, 0.717) is 35.3 Å². The average molecular weight is 570 g/mol. The first-order valence-corrected chi connectivity index (χ1v) is 14.7. The van der Waals surface area contributed by atoms with E-state index in [-0.39, 0.29) is 0 Å². The number of nitrogens with zero attached hydrogens (tertiary/aromatic N) is 8. The van der Waals surface area contributed by atoms with E-state index in [1.54, 1.807) is 15.8 Å². The van der Waals surface area contributed by atoms with Crippen LogP contribution in [-0.2, 0) is 17.2 Å². The van der Waals surface area contributed by atoms with Crippen molar-refractivity contribution in [3.05, 3.63) is 47.8 Å². The van der Waals surface area contributed by atoms with Gasteiger partial charge in [-0.05, 0) is 57.4 Å². The van der Waals surface area contributed by atoms with Crippen LogP contribution in [0.25, 0.3) is 11.3 Å². The molecular weight excluding hydrogens is 530 g/mol. The van der Waals surface area contributed by atoms with Crippen LogP contribution in [0.3, 0.4) is 0 Å². The highest BCUT2D eigenvalue weighted by Gasteiger charge is 2.46. The Balaban J connectivity index is 1.35. The van der Waals surface area contributed by atoms with Gasteiger partial charge in [-0.2, -0.15) is 10.4 Å². The Labute approximate surface area is 247 Å². The van der Waals surface area contributed by atoms with E-state index >= 15 is 0 Å². The molecule has 0 spiro atoms. The molecule has 0 unspecified atom stereocenters. The van der Waals surface area contributed by atoms with Crippen molar-refractivity contribution < 1.29 is 9.53 Å². The highest BCUT2D eigenvalue weighted by molar-refractivity contribution is 5.95. The molecule has 2 fully saturated rings. The Morgan fingerprint density at radius 3 is 2.60 bits per heavy atom. The predicted molar refractivity (Wildman–Crippen MR) is 161 cm³/mol. The number of carbonyl (C=O) groups is 1. The summed E-state index contributed by atoms with van der Waals surface area (Å²) >= 11 is 0. The standard InChI is InChI=1S/C31H39N9O2/c1-30(2,3)42-29(41)40-20-31(4,19-38-12-14-39(15-13-38)23-6-7-23)24-17-21(16-22(18-32)27(24)40)25-8-10-33-28(34-25)35-26-9-11-37(5)36-26/h8-11,16-17,23H,6-7,12-15,19-20H2,1-5H3,(H,33,34,35,36)/t31-/m0/s1. The van der Waals surface area contributed by atoms with Crippen molar-refractivity contribution in [1.29, 1.82) is 5.26 Å². The van der Waals surface area contributed by atoms with E-state index in [4.69, 9.17) is 9.72 Å². The van der Waals surface area contributed by atoms with Crippen LogP contribution in [0.4, 0.5) is 22.2 Å². The van der Waals surface area contributed by atoms with Crippen LogP contribution in [0.1, 0.15) is 51.7 Å². The lowest BCUT2D eigenvalue weighted by atomic mass is 9.82. The Kier molecular flexibility index (Phi) is 7.15. The van der Waals surface area contributed by atoms with Crippen molar-refractivity contribution in [3.8, 4) is 17.3 Å². The van der Waals surface area contributed by atoms with E-state index in [9.17, 15) is 10.1 Å². The van der Waals surface area contributed by atoms with Crippen LogP contribution in [0.2, 0.25) is 0 Å². The first-order valence-electron chi connectivity index (χ1n) is 14.7. The molecule has 0 radical (unpaired) electrons. The number of aryl methyl sites for hydroxylation is 1. The van der Waals surface area contributed by atoms with Crippen LogP contribution in [0.15, 0.2) is 36.7 Å². The first-order chi connectivity index (χ1) is 20.0. The van der Waals surface area contributed by atoms with Crippen LogP contribution >= 0.6 is 0 Å². The number of fused-ring (bicyclic) bond motifs is 1. The van der Waals surface area contributed by atoms with Gasteiger partial charge in [0.25, 0.3) is 0 Å². The predicted octanol–water partition coefficient (Wildman–Crippen LogP) is 4.29. The van der Waals surface area contributed by atoms with Gasteiger partial charge in [0.05, 0.1) is 16.9 Å². The summed E-state index contributed by atoms with van der Waals surface area (Å²) in [5.41, 5.74) is 2.44.